The van der Waals surface area contributed by atoms with Gasteiger partial charge >= 0.3 is 0 Å². The first kappa shape index (κ1) is 16.9. The van der Waals surface area contributed by atoms with E-state index in [1.807, 2.05) is 6.07 Å². The quantitative estimate of drug-likeness (QED) is 0.774. The molecule has 2 amide bonds. The van der Waals surface area contributed by atoms with Gasteiger partial charge in [0.2, 0.25) is 0 Å². The molecule has 0 aliphatic carbocycles. The number of aromatic nitrogens is 1. The fourth-order valence-electron chi connectivity index (χ4n) is 3.12. The van der Waals surface area contributed by atoms with E-state index in [2.05, 4.69) is 10.3 Å². The average Bonchev–Trinajstić information content (AvgIpc) is 3.12. The molecule has 1 aliphatic rings. The van der Waals surface area contributed by atoms with E-state index in [0.717, 1.165) is 17.7 Å². The molecule has 0 saturated heterocycles. The van der Waals surface area contributed by atoms with Crippen molar-refractivity contribution in [2.75, 3.05) is 16.8 Å². The van der Waals surface area contributed by atoms with Crippen molar-refractivity contribution in [2.45, 2.75) is 6.42 Å². The molecule has 1 aliphatic heterocycles. The van der Waals surface area contributed by atoms with Gasteiger partial charge in [0.25, 0.3) is 11.8 Å². The molecule has 0 atom stereocenters. The van der Waals surface area contributed by atoms with Crippen LogP contribution in [0.1, 0.15) is 26.3 Å². The Hall–Kier alpha value is -3.54. The monoisotopic (exact) mass is 361 g/mol. The van der Waals surface area contributed by atoms with Crippen molar-refractivity contribution in [3.05, 3.63) is 89.5 Å². The van der Waals surface area contributed by atoms with Crippen molar-refractivity contribution in [1.29, 1.82) is 0 Å². The molecule has 5 nitrogen and oxygen atoms in total. The molecule has 0 radical (unpaired) electrons. The van der Waals surface area contributed by atoms with Crippen LogP contribution in [-0.4, -0.2) is 23.3 Å². The molecule has 0 fully saturated rings. The first-order valence-electron chi connectivity index (χ1n) is 8.53. The van der Waals surface area contributed by atoms with Crippen molar-refractivity contribution >= 4 is 23.2 Å². The lowest BCUT2D eigenvalue weighted by Gasteiger charge is -2.18. The van der Waals surface area contributed by atoms with E-state index in [-0.39, 0.29) is 11.8 Å². The van der Waals surface area contributed by atoms with Crippen molar-refractivity contribution in [3.63, 3.8) is 0 Å². The summed E-state index contributed by atoms with van der Waals surface area (Å²) in [5, 5.41) is 2.79. The third-order valence-electron chi connectivity index (χ3n) is 4.50. The predicted octanol–water partition coefficient (Wildman–Crippen LogP) is 3.68. The third kappa shape index (κ3) is 3.42. The van der Waals surface area contributed by atoms with Gasteiger partial charge in [-0.2, -0.15) is 0 Å². The van der Waals surface area contributed by atoms with Crippen molar-refractivity contribution in [2.24, 2.45) is 0 Å². The minimum Gasteiger partial charge on any atom is -0.322 e. The number of anilines is 2. The van der Waals surface area contributed by atoms with Crippen LogP contribution in [0.4, 0.5) is 15.8 Å². The number of amides is 2. The van der Waals surface area contributed by atoms with E-state index >= 15 is 0 Å². The SMILES string of the molecule is O=C(Nc1ccc2c(c1)N(C(=O)c1cccnc1)CC2)c1ccc(F)cc1. The van der Waals surface area contributed by atoms with Gasteiger partial charge in [0.1, 0.15) is 5.82 Å². The molecule has 0 bridgehead atoms. The van der Waals surface area contributed by atoms with Crippen LogP contribution in [0.25, 0.3) is 0 Å². The number of benzene rings is 2. The van der Waals surface area contributed by atoms with E-state index in [1.54, 1.807) is 41.6 Å². The van der Waals surface area contributed by atoms with Gasteiger partial charge < -0.3 is 10.2 Å². The lowest BCUT2D eigenvalue weighted by Crippen LogP contribution is -2.29. The first-order valence-corrected chi connectivity index (χ1v) is 8.53. The lowest BCUT2D eigenvalue weighted by molar-refractivity contribution is 0.0987. The fourth-order valence-corrected chi connectivity index (χ4v) is 3.12. The summed E-state index contributed by atoms with van der Waals surface area (Å²) in [6.07, 6.45) is 3.92. The Kier molecular flexibility index (Phi) is 4.38. The maximum Gasteiger partial charge on any atom is 0.259 e. The van der Waals surface area contributed by atoms with E-state index < -0.39 is 5.82 Å². The van der Waals surface area contributed by atoms with Gasteiger partial charge in [0.15, 0.2) is 0 Å². The number of hydrogen-bond acceptors (Lipinski definition) is 3. The van der Waals surface area contributed by atoms with E-state index in [9.17, 15) is 14.0 Å². The smallest absolute Gasteiger partial charge is 0.259 e. The molecule has 0 spiro atoms. The Balaban J connectivity index is 1.57. The molecule has 27 heavy (non-hydrogen) atoms. The fraction of sp³-hybridized carbons (Fsp3) is 0.0952. The van der Waals surface area contributed by atoms with Crippen LogP contribution in [0.3, 0.4) is 0 Å². The Morgan fingerprint density at radius 1 is 1.04 bits per heavy atom. The van der Waals surface area contributed by atoms with Crippen LogP contribution in [0.5, 0.6) is 0 Å². The Bertz CT molecular complexity index is 1000. The number of rotatable bonds is 3. The molecule has 3 aromatic rings. The zero-order valence-electron chi connectivity index (χ0n) is 14.4. The van der Waals surface area contributed by atoms with E-state index in [4.69, 9.17) is 0 Å². The molecule has 1 aromatic heterocycles. The molecule has 2 aromatic carbocycles. The zero-order valence-corrected chi connectivity index (χ0v) is 14.4. The van der Waals surface area contributed by atoms with Gasteiger partial charge in [-0.1, -0.05) is 6.07 Å². The third-order valence-corrected chi connectivity index (χ3v) is 4.50. The van der Waals surface area contributed by atoms with Gasteiger partial charge in [-0.15, -0.1) is 0 Å². The number of hydrogen-bond donors (Lipinski definition) is 1. The van der Waals surface area contributed by atoms with Crippen molar-refractivity contribution < 1.29 is 14.0 Å². The molecule has 134 valence electrons. The van der Waals surface area contributed by atoms with Crippen LogP contribution in [0.15, 0.2) is 67.0 Å². The maximum absolute atomic E-state index is 13.0. The Morgan fingerprint density at radius 2 is 1.85 bits per heavy atom. The van der Waals surface area contributed by atoms with Crippen LogP contribution < -0.4 is 10.2 Å². The van der Waals surface area contributed by atoms with Crippen LogP contribution in [-0.2, 0) is 6.42 Å². The summed E-state index contributed by atoms with van der Waals surface area (Å²) < 4.78 is 13.0. The normalized spacial score (nSPS) is 12.6. The van der Waals surface area contributed by atoms with Crippen molar-refractivity contribution in [3.8, 4) is 0 Å². The standard InChI is InChI=1S/C21H16FN3O2/c22-17-6-3-15(4-7-17)20(26)24-18-8-5-14-9-11-25(19(14)12-18)21(27)16-2-1-10-23-13-16/h1-8,10,12-13H,9,11H2,(H,24,26). The number of carbonyl (C=O) groups is 2. The second-order valence-corrected chi connectivity index (χ2v) is 6.25. The molecule has 1 N–H and O–H groups in total. The van der Waals surface area contributed by atoms with Crippen LogP contribution in [0, 0.1) is 5.82 Å². The number of nitrogens with one attached hydrogen (secondary N) is 1. The second-order valence-electron chi connectivity index (χ2n) is 6.25. The van der Waals surface area contributed by atoms with Gasteiger partial charge in [-0.3, -0.25) is 14.6 Å². The Labute approximate surface area is 155 Å². The summed E-state index contributed by atoms with van der Waals surface area (Å²) in [5.74, 6) is -0.851. The lowest BCUT2D eigenvalue weighted by atomic mass is 10.1. The Morgan fingerprint density at radius 3 is 2.59 bits per heavy atom. The van der Waals surface area contributed by atoms with Gasteiger partial charge in [0, 0.05) is 35.9 Å². The van der Waals surface area contributed by atoms with E-state index in [1.165, 1.54) is 24.3 Å². The number of pyridine rings is 1. The summed E-state index contributed by atoms with van der Waals surface area (Å²) in [6, 6.07) is 14.3. The minimum absolute atomic E-state index is 0.121. The topological polar surface area (TPSA) is 62.3 Å². The molecule has 6 heteroatoms. The summed E-state index contributed by atoms with van der Waals surface area (Å²) in [4.78, 5) is 30.8. The maximum atomic E-state index is 13.0. The largest absolute Gasteiger partial charge is 0.322 e. The average molecular weight is 361 g/mol. The van der Waals surface area contributed by atoms with Crippen LogP contribution in [0.2, 0.25) is 0 Å². The number of halogens is 1. The molecule has 2 heterocycles. The van der Waals surface area contributed by atoms with Gasteiger partial charge in [0.05, 0.1) is 5.56 Å². The highest BCUT2D eigenvalue weighted by Gasteiger charge is 2.26. The minimum atomic E-state index is -0.395. The molecule has 4 rings (SSSR count). The summed E-state index contributed by atoms with van der Waals surface area (Å²) in [7, 11) is 0. The number of nitrogens with zero attached hydrogens (tertiary/aromatic N) is 2. The van der Waals surface area contributed by atoms with Crippen LogP contribution >= 0.6 is 0 Å². The molecular formula is C21H16FN3O2. The predicted molar refractivity (Wildman–Crippen MR) is 100 cm³/mol. The highest BCUT2D eigenvalue weighted by Crippen LogP contribution is 2.32. The van der Waals surface area contributed by atoms with E-state index in [0.29, 0.717) is 23.4 Å². The zero-order chi connectivity index (χ0) is 18.8. The van der Waals surface area contributed by atoms with Gasteiger partial charge in [-0.05, 0) is 60.5 Å². The molecule has 0 unspecified atom stereocenters. The summed E-state index contributed by atoms with van der Waals surface area (Å²) in [5.41, 5.74) is 3.29. The molecule has 0 saturated carbocycles. The first-order chi connectivity index (χ1) is 13.1. The summed E-state index contributed by atoms with van der Waals surface area (Å²) >= 11 is 0. The number of carbonyl (C=O) groups excluding carboxylic acids is 2. The molecular weight excluding hydrogens is 345 g/mol. The summed E-state index contributed by atoms with van der Waals surface area (Å²) in [6.45, 7) is 0.582. The van der Waals surface area contributed by atoms with Crippen molar-refractivity contribution in [1.82, 2.24) is 4.98 Å². The van der Waals surface area contributed by atoms with Gasteiger partial charge in [-0.25, -0.2) is 4.39 Å². The highest BCUT2D eigenvalue weighted by atomic mass is 19.1. The highest BCUT2D eigenvalue weighted by molar-refractivity contribution is 6.08. The second kappa shape index (κ2) is 6.99. The number of fused-ring (bicyclic) bond motifs is 1.